The van der Waals surface area contributed by atoms with Crippen LogP contribution in [-0.4, -0.2) is 69.5 Å². The number of aliphatic hydroxyl groups excluding tert-OH is 1. The van der Waals surface area contributed by atoms with E-state index in [0.29, 0.717) is 26.1 Å². The van der Waals surface area contributed by atoms with Gasteiger partial charge in [-0.2, -0.15) is 0 Å². The van der Waals surface area contributed by atoms with Crippen LogP contribution in [0.25, 0.3) is 0 Å². The Morgan fingerprint density at radius 2 is 1.83 bits per heavy atom. The molecule has 5 atom stereocenters. The maximum Gasteiger partial charge on any atom is 0.244 e. The van der Waals surface area contributed by atoms with Gasteiger partial charge in [0.05, 0.1) is 16.6 Å². The maximum atomic E-state index is 13.6. The lowest BCUT2D eigenvalue weighted by atomic mass is 9.66. The molecule has 170 valence electrons. The van der Waals surface area contributed by atoms with E-state index in [9.17, 15) is 19.5 Å². The standard InChI is InChI=1S/C22H37N3O4S/c1-4-6-7-12-24-19(28)17-22-10-9-21(3,30-22)15(18(27)23-11-5-2)16(22)20(29)25(17)13-8-14-26/h15-17,26H,4-14H2,1-3H3,(H,23,27)(H,24,28)/t15-,16+,17?,21+,22?/m1/s1. The van der Waals surface area contributed by atoms with E-state index in [2.05, 4.69) is 24.5 Å². The number of carbonyl (C=O) groups excluding carboxylic acids is 3. The summed E-state index contributed by atoms with van der Waals surface area (Å²) < 4.78 is -0.869. The largest absolute Gasteiger partial charge is 0.396 e. The highest BCUT2D eigenvalue weighted by atomic mass is 32.2. The average molecular weight is 440 g/mol. The van der Waals surface area contributed by atoms with E-state index in [1.54, 1.807) is 16.7 Å². The van der Waals surface area contributed by atoms with Crippen LogP contribution in [0.5, 0.6) is 0 Å². The molecule has 8 heteroatoms. The van der Waals surface area contributed by atoms with E-state index in [0.717, 1.165) is 38.5 Å². The van der Waals surface area contributed by atoms with Crippen molar-refractivity contribution in [3.05, 3.63) is 0 Å². The highest BCUT2D eigenvalue weighted by Crippen LogP contribution is 2.71. The van der Waals surface area contributed by atoms with Gasteiger partial charge in [-0.25, -0.2) is 0 Å². The molecule has 3 fully saturated rings. The molecule has 1 spiro atoms. The van der Waals surface area contributed by atoms with Crippen molar-refractivity contribution in [1.82, 2.24) is 15.5 Å². The summed E-state index contributed by atoms with van der Waals surface area (Å²) in [6.45, 7) is 7.74. The molecule has 3 N–H and O–H groups in total. The number of carbonyl (C=O) groups is 3. The van der Waals surface area contributed by atoms with Crippen molar-refractivity contribution < 1.29 is 19.5 Å². The lowest BCUT2D eigenvalue weighted by molar-refractivity contribution is -0.140. The van der Waals surface area contributed by atoms with Crippen LogP contribution in [0.1, 0.15) is 65.7 Å². The highest BCUT2D eigenvalue weighted by Gasteiger charge is 2.76. The SMILES string of the molecule is CCCCCNC(=O)C1N(CCCO)C(=O)[C@@H]2[C@H](C(=O)NCCC)[C@]3(C)CCC12S3. The first-order valence-corrected chi connectivity index (χ1v) is 12.3. The Balaban J connectivity index is 1.89. The Hall–Kier alpha value is -1.28. The van der Waals surface area contributed by atoms with Gasteiger partial charge in [0.25, 0.3) is 0 Å². The normalized spacial score (nSPS) is 34.3. The molecular weight excluding hydrogens is 402 g/mol. The molecule has 7 nitrogen and oxygen atoms in total. The Morgan fingerprint density at radius 1 is 1.10 bits per heavy atom. The van der Waals surface area contributed by atoms with Gasteiger partial charge in [-0.3, -0.25) is 14.4 Å². The zero-order valence-electron chi connectivity index (χ0n) is 18.5. The Morgan fingerprint density at radius 3 is 2.50 bits per heavy atom. The number of nitrogens with one attached hydrogen (secondary N) is 2. The van der Waals surface area contributed by atoms with Gasteiger partial charge < -0.3 is 20.6 Å². The van der Waals surface area contributed by atoms with E-state index >= 15 is 0 Å². The zero-order chi connectivity index (χ0) is 21.9. The summed E-state index contributed by atoms with van der Waals surface area (Å²) in [5.74, 6) is -1.14. The number of hydrogen-bond acceptors (Lipinski definition) is 5. The molecule has 3 heterocycles. The monoisotopic (exact) mass is 439 g/mol. The second-order valence-corrected chi connectivity index (χ2v) is 11.0. The van der Waals surface area contributed by atoms with E-state index in [1.165, 1.54) is 0 Å². The van der Waals surface area contributed by atoms with Crippen LogP contribution >= 0.6 is 11.8 Å². The van der Waals surface area contributed by atoms with Crippen LogP contribution in [-0.2, 0) is 14.4 Å². The predicted molar refractivity (Wildman–Crippen MR) is 118 cm³/mol. The van der Waals surface area contributed by atoms with Gasteiger partial charge in [0.1, 0.15) is 6.04 Å². The minimum absolute atomic E-state index is 0.0302. The van der Waals surface area contributed by atoms with Gasteiger partial charge in [-0.05, 0) is 39.0 Å². The molecule has 0 saturated carbocycles. The third kappa shape index (κ3) is 3.85. The Labute approximate surface area is 184 Å². The molecule has 0 aromatic heterocycles. The molecule has 0 radical (unpaired) electrons. The number of unbranched alkanes of at least 4 members (excludes halogenated alkanes) is 2. The van der Waals surface area contributed by atoms with Crippen molar-refractivity contribution in [3.63, 3.8) is 0 Å². The van der Waals surface area contributed by atoms with Gasteiger partial charge in [-0.1, -0.05) is 26.7 Å². The van der Waals surface area contributed by atoms with E-state index in [4.69, 9.17) is 0 Å². The summed E-state index contributed by atoms with van der Waals surface area (Å²) in [5, 5.41) is 15.4. The fourth-order valence-electron chi connectivity index (χ4n) is 5.65. The van der Waals surface area contributed by atoms with Gasteiger partial charge in [0.15, 0.2) is 0 Å². The number of thioether (sulfide) groups is 1. The molecule has 3 saturated heterocycles. The number of nitrogens with zero attached hydrogens (tertiary/aromatic N) is 1. The van der Waals surface area contributed by atoms with Crippen molar-refractivity contribution in [2.75, 3.05) is 26.2 Å². The smallest absolute Gasteiger partial charge is 0.244 e. The molecule has 3 aliphatic heterocycles. The van der Waals surface area contributed by atoms with Crippen LogP contribution in [0.2, 0.25) is 0 Å². The van der Waals surface area contributed by atoms with E-state index in [-0.39, 0.29) is 29.1 Å². The van der Waals surface area contributed by atoms with Crippen molar-refractivity contribution in [1.29, 1.82) is 0 Å². The van der Waals surface area contributed by atoms with Crippen LogP contribution in [0.4, 0.5) is 0 Å². The summed E-state index contributed by atoms with van der Waals surface area (Å²) in [5.41, 5.74) is 0. The fourth-order valence-corrected chi connectivity index (χ4v) is 8.01. The number of rotatable bonds is 11. The Bertz CT molecular complexity index is 675. The average Bonchev–Trinajstić information content (AvgIpc) is 3.28. The summed E-state index contributed by atoms with van der Waals surface area (Å²) >= 11 is 1.70. The Kier molecular flexibility index (Phi) is 7.38. The predicted octanol–water partition coefficient (Wildman–Crippen LogP) is 1.68. The number of likely N-dealkylation sites (tertiary alicyclic amines) is 1. The van der Waals surface area contributed by atoms with Gasteiger partial charge >= 0.3 is 0 Å². The molecular formula is C22H37N3O4S. The van der Waals surface area contributed by atoms with Crippen LogP contribution < -0.4 is 10.6 Å². The second-order valence-electron chi connectivity index (χ2n) is 9.13. The molecule has 30 heavy (non-hydrogen) atoms. The highest BCUT2D eigenvalue weighted by molar-refractivity contribution is 8.02. The number of amides is 3. The van der Waals surface area contributed by atoms with Crippen LogP contribution in [0.15, 0.2) is 0 Å². The fraction of sp³-hybridized carbons (Fsp3) is 0.864. The summed E-state index contributed by atoms with van der Waals surface area (Å²) in [6.07, 6.45) is 5.93. The number of fused-ring (bicyclic) bond motifs is 1. The molecule has 0 aromatic rings. The van der Waals surface area contributed by atoms with Crippen LogP contribution in [0.3, 0.4) is 0 Å². The summed E-state index contributed by atoms with van der Waals surface area (Å²) in [7, 11) is 0. The second kappa shape index (κ2) is 9.47. The van der Waals surface area contributed by atoms with Gasteiger partial charge in [0, 0.05) is 31.0 Å². The number of hydrogen-bond donors (Lipinski definition) is 3. The topological polar surface area (TPSA) is 98.7 Å². The molecule has 3 aliphatic rings. The third-order valence-electron chi connectivity index (χ3n) is 6.99. The molecule has 0 aliphatic carbocycles. The first-order valence-electron chi connectivity index (χ1n) is 11.5. The number of aliphatic hydroxyl groups is 1. The minimum atomic E-state index is -0.570. The first kappa shape index (κ1) is 23.4. The quantitative estimate of drug-likeness (QED) is 0.426. The van der Waals surface area contributed by atoms with E-state index in [1.807, 2.05) is 6.92 Å². The van der Waals surface area contributed by atoms with Gasteiger partial charge in [0.2, 0.25) is 17.7 Å². The van der Waals surface area contributed by atoms with E-state index < -0.39 is 22.6 Å². The lowest BCUT2D eigenvalue weighted by Gasteiger charge is -2.34. The summed E-state index contributed by atoms with van der Waals surface area (Å²) in [4.78, 5) is 41.6. The molecule has 3 amide bonds. The van der Waals surface area contributed by atoms with Gasteiger partial charge in [-0.15, -0.1) is 11.8 Å². The maximum absolute atomic E-state index is 13.6. The molecule has 2 unspecified atom stereocenters. The lowest BCUT2D eigenvalue weighted by Crippen LogP contribution is -2.54. The van der Waals surface area contributed by atoms with Crippen molar-refractivity contribution in [3.8, 4) is 0 Å². The van der Waals surface area contributed by atoms with Crippen LogP contribution in [0, 0.1) is 11.8 Å². The summed E-state index contributed by atoms with van der Waals surface area (Å²) in [6, 6.07) is -0.570. The third-order valence-corrected chi connectivity index (χ3v) is 8.98. The molecule has 0 aromatic carbocycles. The van der Waals surface area contributed by atoms with Crippen molar-refractivity contribution in [2.24, 2.45) is 11.8 Å². The van der Waals surface area contributed by atoms with Crippen molar-refractivity contribution >= 4 is 29.5 Å². The molecule has 3 rings (SSSR count). The minimum Gasteiger partial charge on any atom is -0.396 e. The van der Waals surface area contributed by atoms with Crippen molar-refractivity contribution in [2.45, 2.75) is 81.3 Å². The first-order chi connectivity index (χ1) is 14.4. The molecule has 2 bridgehead atoms. The zero-order valence-corrected chi connectivity index (χ0v) is 19.4.